The van der Waals surface area contributed by atoms with Crippen LogP contribution in [-0.4, -0.2) is 51.3 Å². The van der Waals surface area contributed by atoms with Gasteiger partial charge in [0.25, 0.3) is 5.91 Å². The van der Waals surface area contributed by atoms with E-state index in [4.69, 9.17) is 5.73 Å². The van der Waals surface area contributed by atoms with Crippen LogP contribution in [0.5, 0.6) is 0 Å². The van der Waals surface area contributed by atoms with Crippen molar-refractivity contribution in [1.29, 1.82) is 0 Å². The minimum Gasteiger partial charge on any atom is -0.384 e. The molecule has 2 fully saturated rings. The molecule has 6 nitrogen and oxygen atoms in total. The summed E-state index contributed by atoms with van der Waals surface area (Å²) in [5.41, 5.74) is 5.42. The highest BCUT2D eigenvalue weighted by Crippen LogP contribution is 2.39. The largest absolute Gasteiger partial charge is 0.384 e. The number of likely N-dealkylation sites (tertiary alicyclic amines) is 2. The van der Waals surface area contributed by atoms with Gasteiger partial charge in [-0.15, -0.1) is 0 Å². The SMILES string of the molecule is CC(C)N1CCCC2(CCCN2C(=O)c2ccc(N)nc2)C1=O. The molecule has 0 bridgehead atoms. The molecule has 2 aliphatic rings. The first-order chi connectivity index (χ1) is 11.0. The van der Waals surface area contributed by atoms with Crippen LogP contribution in [0.1, 0.15) is 49.9 Å². The Morgan fingerprint density at radius 1 is 1.26 bits per heavy atom. The van der Waals surface area contributed by atoms with E-state index in [0.29, 0.717) is 17.9 Å². The second-order valence-corrected chi connectivity index (χ2v) is 6.76. The lowest BCUT2D eigenvalue weighted by Crippen LogP contribution is -2.62. The molecule has 2 amide bonds. The predicted octanol–water partition coefficient (Wildman–Crippen LogP) is 1.67. The molecule has 124 valence electrons. The maximum atomic E-state index is 13.1. The maximum absolute atomic E-state index is 13.1. The highest BCUT2D eigenvalue weighted by Gasteiger charge is 2.53. The monoisotopic (exact) mass is 316 g/mol. The number of hydrogen-bond acceptors (Lipinski definition) is 4. The zero-order chi connectivity index (χ0) is 16.6. The Kier molecular flexibility index (Phi) is 4.00. The van der Waals surface area contributed by atoms with E-state index in [9.17, 15) is 9.59 Å². The number of carbonyl (C=O) groups is 2. The number of amides is 2. The Balaban J connectivity index is 1.91. The molecule has 2 N–H and O–H groups in total. The normalized spacial score (nSPS) is 24.7. The number of nitrogens with two attached hydrogens (primary N) is 1. The number of hydrogen-bond donors (Lipinski definition) is 1. The van der Waals surface area contributed by atoms with Gasteiger partial charge < -0.3 is 15.5 Å². The van der Waals surface area contributed by atoms with Gasteiger partial charge >= 0.3 is 0 Å². The molecule has 3 heterocycles. The van der Waals surface area contributed by atoms with Crippen LogP contribution in [0.25, 0.3) is 0 Å². The van der Waals surface area contributed by atoms with E-state index in [1.54, 1.807) is 17.0 Å². The van der Waals surface area contributed by atoms with E-state index in [1.165, 1.54) is 6.20 Å². The second-order valence-electron chi connectivity index (χ2n) is 6.76. The van der Waals surface area contributed by atoms with Crippen molar-refractivity contribution in [1.82, 2.24) is 14.8 Å². The molecule has 23 heavy (non-hydrogen) atoms. The highest BCUT2D eigenvalue weighted by molar-refractivity contribution is 6.00. The molecule has 1 spiro atoms. The molecule has 0 saturated carbocycles. The zero-order valence-electron chi connectivity index (χ0n) is 13.8. The summed E-state index contributed by atoms with van der Waals surface area (Å²) in [6.07, 6.45) is 4.81. The van der Waals surface area contributed by atoms with Gasteiger partial charge in [0.1, 0.15) is 11.4 Å². The van der Waals surface area contributed by atoms with Gasteiger partial charge in [-0.1, -0.05) is 0 Å². The summed E-state index contributed by atoms with van der Waals surface area (Å²) < 4.78 is 0. The molecule has 3 rings (SSSR count). The fourth-order valence-electron chi connectivity index (χ4n) is 3.85. The van der Waals surface area contributed by atoms with Gasteiger partial charge in [0.05, 0.1) is 5.56 Å². The van der Waals surface area contributed by atoms with Gasteiger partial charge in [-0.3, -0.25) is 9.59 Å². The Labute approximate surface area is 136 Å². The Bertz CT molecular complexity index is 614. The van der Waals surface area contributed by atoms with Crippen LogP contribution in [0.3, 0.4) is 0 Å². The van der Waals surface area contributed by atoms with E-state index in [2.05, 4.69) is 4.98 Å². The molecule has 6 heteroatoms. The molecule has 1 atom stereocenters. The third kappa shape index (κ3) is 2.56. The number of piperidine rings is 1. The first kappa shape index (κ1) is 15.8. The van der Waals surface area contributed by atoms with Crippen LogP contribution in [0, 0.1) is 0 Å². The zero-order valence-corrected chi connectivity index (χ0v) is 13.8. The van der Waals surface area contributed by atoms with E-state index >= 15 is 0 Å². The summed E-state index contributed by atoms with van der Waals surface area (Å²) in [5.74, 6) is 0.374. The molecular formula is C17H24N4O2. The summed E-state index contributed by atoms with van der Waals surface area (Å²) in [7, 11) is 0. The first-order valence-corrected chi connectivity index (χ1v) is 8.30. The van der Waals surface area contributed by atoms with Crippen molar-refractivity contribution in [2.24, 2.45) is 0 Å². The third-order valence-corrected chi connectivity index (χ3v) is 5.04. The topological polar surface area (TPSA) is 79.5 Å². The molecule has 0 radical (unpaired) electrons. The predicted molar refractivity (Wildman–Crippen MR) is 87.7 cm³/mol. The summed E-state index contributed by atoms with van der Waals surface area (Å²) >= 11 is 0. The van der Waals surface area contributed by atoms with Gasteiger partial charge in [0.15, 0.2) is 0 Å². The lowest BCUT2D eigenvalue weighted by Gasteiger charge is -2.46. The fraction of sp³-hybridized carbons (Fsp3) is 0.588. The van der Waals surface area contributed by atoms with Crippen LogP contribution in [-0.2, 0) is 4.79 Å². The molecule has 0 aliphatic carbocycles. The fourth-order valence-corrected chi connectivity index (χ4v) is 3.85. The highest BCUT2D eigenvalue weighted by atomic mass is 16.2. The van der Waals surface area contributed by atoms with E-state index in [1.807, 2.05) is 18.7 Å². The standard InChI is InChI=1S/C17H24N4O2/c1-12(2)20-9-3-7-17(16(20)23)8-4-10-21(17)15(22)13-5-6-14(18)19-11-13/h5-6,11-12H,3-4,7-10H2,1-2H3,(H2,18,19). The van der Waals surface area contributed by atoms with Crippen molar-refractivity contribution in [3.8, 4) is 0 Å². The maximum Gasteiger partial charge on any atom is 0.256 e. The number of nitrogen functional groups attached to an aromatic ring is 1. The summed E-state index contributed by atoms with van der Waals surface area (Å²) in [5, 5.41) is 0. The van der Waals surface area contributed by atoms with Crippen molar-refractivity contribution in [2.75, 3.05) is 18.8 Å². The average molecular weight is 316 g/mol. The average Bonchev–Trinajstić information content (AvgIpc) is 2.94. The molecule has 2 saturated heterocycles. The van der Waals surface area contributed by atoms with E-state index in [0.717, 1.165) is 32.2 Å². The molecule has 1 aromatic rings. The number of aromatic nitrogens is 1. The molecule has 2 aliphatic heterocycles. The van der Waals surface area contributed by atoms with Gasteiger partial charge in [-0.05, 0) is 51.7 Å². The minimum atomic E-state index is -0.666. The number of anilines is 1. The first-order valence-electron chi connectivity index (χ1n) is 8.30. The molecule has 0 aromatic carbocycles. The van der Waals surface area contributed by atoms with Gasteiger partial charge in [0.2, 0.25) is 5.91 Å². The quantitative estimate of drug-likeness (QED) is 0.900. The molecule has 1 aromatic heterocycles. The van der Waals surface area contributed by atoms with E-state index < -0.39 is 5.54 Å². The Morgan fingerprint density at radius 3 is 2.57 bits per heavy atom. The van der Waals surface area contributed by atoms with Crippen molar-refractivity contribution in [2.45, 2.75) is 51.1 Å². The van der Waals surface area contributed by atoms with Crippen LogP contribution in [0.15, 0.2) is 18.3 Å². The summed E-state index contributed by atoms with van der Waals surface area (Å²) in [6.45, 7) is 5.47. The summed E-state index contributed by atoms with van der Waals surface area (Å²) in [6, 6.07) is 3.47. The number of rotatable bonds is 2. The number of carbonyl (C=O) groups excluding carboxylic acids is 2. The van der Waals surface area contributed by atoms with Gasteiger partial charge in [-0.25, -0.2) is 4.98 Å². The smallest absolute Gasteiger partial charge is 0.256 e. The Hall–Kier alpha value is -2.11. The van der Waals surface area contributed by atoms with Crippen LogP contribution in [0.4, 0.5) is 5.82 Å². The van der Waals surface area contributed by atoms with Crippen molar-refractivity contribution < 1.29 is 9.59 Å². The van der Waals surface area contributed by atoms with Crippen LogP contribution in [0.2, 0.25) is 0 Å². The minimum absolute atomic E-state index is 0.105. The van der Waals surface area contributed by atoms with Crippen molar-refractivity contribution in [3.05, 3.63) is 23.9 Å². The lowest BCUT2D eigenvalue weighted by atomic mass is 9.84. The Morgan fingerprint density at radius 2 is 1.96 bits per heavy atom. The molecular weight excluding hydrogens is 292 g/mol. The summed E-state index contributed by atoms with van der Waals surface area (Å²) in [4.78, 5) is 33.7. The molecule has 1 unspecified atom stereocenters. The second kappa shape index (κ2) is 5.83. The van der Waals surface area contributed by atoms with Crippen LogP contribution < -0.4 is 5.73 Å². The van der Waals surface area contributed by atoms with Crippen molar-refractivity contribution >= 4 is 17.6 Å². The number of pyridine rings is 1. The number of nitrogens with zero attached hydrogens (tertiary/aromatic N) is 3. The van der Waals surface area contributed by atoms with Crippen molar-refractivity contribution in [3.63, 3.8) is 0 Å². The van der Waals surface area contributed by atoms with Crippen LogP contribution >= 0.6 is 0 Å². The van der Waals surface area contributed by atoms with Gasteiger partial charge in [-0.2, -0.15) is 0 Å². The third-order valence-electron chi connectivity index (χ3n) is 5.04. The lowest BCUT2D eigenvalue weighted by molar-refractivity contribution is -0.147. The van der Waals surface area contributed by atoms with Gasteiger partial charge in [0, 0.05) is 25.3 Å². The van der Waals surface area contributed by atoms with E-state index in [-0.39, 0.29) is 17.9 Å².